The topological polar surface area (TPSA) is 96.2 Å². The average molecular weight is 309 g/mol. The van der Waals surface area contributed by atoms with Crippen LogP contribution < -0.4 is 0 Å². The van der Waals surface area contributed by atoms with Crippen LogP contribution in [0.15, 0.2) is 23.4 Å². The fraction of sp³-hybridized carbons (Fsp3) is 0.438. The normalized spacial score (nSPS) is 18.7. The Bertz CT molecular complexity index is 527. The van der Waals surface area contributed by atoms with E-state index >= 15 is 0 Å². The van der Waals surface area contributed by atoms with E-state index in [0.717, 1.165) is 25.3 Å². The number of aliphatic hydroxyl groups excluding tert-OH is 2. The Morgan fingerprint density at radius 3 is 2.32 bits per heavy atom. The SMILES string of the molecule is CO.CO.Cc1ccc(C2=NOC(C=O)(CC=O)C2)cc1C. The molecular formula is C16H23NO5. The molecule has 1 aliphatic rings. The Hall–Kier alpha value is -2.05. The predicted octanol–water partition coefficient (Wildman–Crippen LogP) is 1.17. The van der Waals surface area contributed by atoms with Gasteiger partial charge in [0.2, 0.25) is 5.60 Å². The number of benzene rings is 1. The zero-order valence-corrected chi connectivity index (χ0v) is 13.4. The van der Waals surface area contributed by atoms with Crippen LogP contribution in [0.1, 0.15) is 29.5 Å². The van der Waals surface area contributed by atoms with Gasteiger partial charge in [-0.2, -0.15) is 0 Å². The van der Waals surface area contributed by atoms with Gasteiger partial charge in [-0.05, 0) is 36.6 Å². The first-order valence-corrected chi connectivity index (χ1v) is 6.72. The van der Waals surface area contributed by atoms with E-state index in [1.165, 1.54) is 5.56 Å². The van der Waals surface area contributed by atoms with E-state index in [0.29, 0.717) is 24.7 Å². The van der Waals surface area contributed by atoms with Crippen LogP contribution in [0, 0.1) is 13.8 Å². The van der Waals surface area contributed by atoms with Crippen molar-refractivity contribution in [1.82, 2.24) is 0 Å². The summed E-state index contributed by atoms with van der Waals surface area (Å²) < 4.78 is 0. The lowest BCUT2D eigenvalue weighted by atomic mass is 9.92. The smallest absolute Gasteiger partial charge is 0.204 e. The Balaban J connectivity index is 0.00000102. The molecule has 1 aliphatic heterocycles. The predicted molar refractivity (Wildman–Crippen MR) is 83.9 cm³/mol. The summed E-state index contributed by atoms with van der Waals surface area (Å²) in [7, 11) is 2.00. The number of oxime groups is 1. The maximum absolute atomic E-state index is 11.1. The Labute approximate surface area is 130 Å². The number of aliphatic hydroxyl groups is 2. The molecule has 2 rings (SSSR count). The average Bonchev–Trinajstić information content (AvgIpc) is 2.99. The molecule has 0 fully saturated rings. The van der Waals surface area contributed by atoms with Gasteiger partial charge < -0.3 is 19.8 Å². The van der Waals surface area contributed by atoms with Gasteiger partial charge in [-0.15, -0.1) is 0 Å². The van der Waals surface area contributed by atoms with Crippen molar-refractivity contribution in [2.24, 2.45) is 5.16 Å². The molecule has 1 unspecified atom stereocenters. The number of hydrogen-bond acceptors (Lipinski definition) is 6. The van der Waals surface area contributed by atoms with E-state index in [1.54, 1.807) is 0 Å². The highest BCUT2D eigenvalue weighted by molar-refractivity contribution is 6.04. The van der Waals surface area contributed by atoms with Crippen LogP contribution >= 0.6 is 0 Å². The second-order valence-corrected chi connectivity index (χ2v) is 4.66. The largest absolute Gasteiger partial charge is 0.400 e. The summed E-state index contributed by atoms with van der Waals surface area (Å²) in [5, 5.41) is 17.9. The first-order chi connectivity index (χ1) is 10.6. The number of rotatable bonds is 4. The molecule has 0 radical (unpaired) electrons. The summed E-state index contributed by atoms with van der Waals surface area (Å²) in [6, 6.07) is 5.97. The van der Waals surface area contributed by atoms with Gasteiger partial charge in [0.25, 0.3) is 0 Å². The number of hydrogen-bond donors (Lipinski definition) is 2. The number of aryl methyl sites for hydroxylation is 2. The van der Waals surface area contributed by atoms with Crippen LogP contribution in [-0.2, 0) is 14.4 Å². The van der Waals surface area contributed by atoms with Gasteiger partial charge in [-0.3, -0.25) is 4.79 Å². The van der Waals surface area contributed by atoms with Gasteiger partial charge in [0.05, 0.1) is 12.1 Å². The van der Waals surface area contributed by atoms with Crippen molar-refractivity contribution in [1.29, 1.82) is 0 Å². The fourth-order valence-corrected chi connectivity index (χ4v) is 1.93. The minimum Gasteiger partial charge on any atom is -0.400 e. The summed E-state index contributed by atoms with van der Waals surface area (Å²) in [5.41, 5.74) is 2.91. The molecule has 1 heterocycles. The molecule has 0 saturated carbocycles. The molecule has 0 spiro atoms. The number of carbonyl (C=O) groups excluding carboxylic acids is 2. The van der Waals surface area contributed by atoms with Crippen molar-refractivity contribution in [2.45, 2.75) is 32.3 Å². The monoisotopic (exact) mass is 309 g/mol. The third kappa shape index (κ3) is 4.75. The number of carbonyl (C=O) groups is 2. The minimum absolute atomic E-state index is 0.0361. The van der Waals surface area contributed by atoms with E-state index < -0.39 is 5.60 Å². The van der Waals surface area contributed by atoms with E-state index in [-0.39, 0.29) is 6.42 Å². The molecule has 22 heavy (non-hydrogen) atoms. The summed E-state index contributed by atoms with van der Waals surface area (Å²) in [5.74, 6) is 0. The number of nitrogens with zero attached hydrogens (tertiary/aromatic N) is 1. The molecule has 0 saturated heterocycles. The van der Waals surface area contributed by atoms with E-state index in [2.05, 4.69) is 5.16 Å². The number of aldehydes is 2. The third-order valence-corrected chi connectivity index (χ3v) is 3.29. The molecule has 1 aromatic rings. The molecule has 122 valence electrons. The van der Waals surface area contributed by atoms with Crippen molar-refractivity contribution in [2.75, 3.05) is 14.2 Å². The van der Waals surface area contributed by atoms with E-state index in [1.807, 2.05) is 32.0 Å². The Kier molecular flexibility index (Phi) is 8.89. The van der Waals surface area contributed by atoms with Gasteiger partial charge in [0.15, 0.2) is 6.29 Å². The van der Waals surface area contributed by atoms with Crippen molar-refractivity contribution in [3.05, 3.63) is 34.9 Å². The Morgan fingerprint density at radius 1 is 1.18 bits per heavy atom. The van der Waals surface area contributed by atoms with E-state index in [9.17, 15) is 9.59 Å². The molecule has 0 bridgehead atoms. The van der Waals surface area contributed by atoms with Crippen molar-refractivity contribution in [3.63, 3.8) is 0 Å². The van der Waals surface area contributed by atoms with Gasteiger partial charge >= 0.3 is 0 Å². The minimum atomic E-state index is -1.10. The standard InChI is InChI=1S/C14H15NO3.2CH4O/c1-10-3-4-12(7-11(10)2)13-8-14(9-17,5-6-16)18-15-13;2*1-2/h3-4,6-7,9H,5,8H2,1-2H3;2*2H,1H3. The molecule has 0 amide bonds. The summed E-state index contributed by atoms with van der Waals surface area (Å²) >= 11 is 0. The highest BCUT2D eigenvalue weighted by atomic mass is 16.7. The zero-order chi connectivity index (χ0) is 17.2. The molecule has 0 aromatic heterocycles. The van der Waals surface area contributed by atoms with Crippen molar-refractivity contribution in [3.8, 4) is 0 Å². The summed E-state index contributed by atoms with van der Waals surface area (Å²) in [6.45, 7) is 4.06. The van der Waals surface area contributed by atoms with E-state index in [4.69, 9.17) is 15.1 Å². The fourth-order valence-electron chi connectivity index (χ4n) is 1.93. The molecule has 0 aliphatic carbocycles. The maximum Gasteiger partial charge on any atom is 0.204 e. The molecule has 2 N–H and O–H groups in total. The zero-order valence-electron chi connectivity index (χ0n) is 13.4. The second-order valence-electron chi connectivity index (χ2n) is 4.66. The maximum atomic E-state index is 11.1. The summed E-state index contributed by atoms with van der Waals surface area (Å²) in [6.07, 6.45) is 1.73. The lowest BCUT2D eigenvalue weighted by molar-refractivity contribution is -0.132. The molecule has 1 aromatic carbocycles. The van der Waals surface area contributed by atoms with Crippen molar-refractivity contribution < 1.29 is 24.6 Å². The van der Waals surface area contributed by atoms with Crippen LogP contribution in [0.25, 0.3) is 0 Å². The lowest BCUT2D eigenvalue weighted by Gasteiger charge is -2.15. The third-order valence-electron chi connectivity index (χ3n) is 3.29. The van der Waals surface area contributed by atoms with Gasteiger partial charge in [-0.1, -0.05) is 17.3 Å². The molecular weight excluding hydrogens is 286 g/mol. The van der Waals surface area contributed by atoms with Crippen LogP contribution in [-0.4, -0.2) is 48.3 Å². The van der Waals surface area contributed by atoms with Crippen molar-refractivity contribution >= 4 is 18.3 Å². The van der Waals surface area contributed by atoms with Crippen LogP contribution in [0.5, 0.6) is 0 Å². The van der Waals surface area contributed by atoms with Gasteiger partial charge in [-0.25, -0.2) is 0 Å². The van der Waals surface area contributed by atoms with Crippen LogP contribution in [0.2, 0.25) is 0 Å². The Morgan fingerprint density at radius 2 is 1.82 bits per heavy atom. The van der Waals surface area contributed by atoms with Crippen LogP contribution in [0.3, 0.4) is 0 Å². The first kappa shape index (κ1) is 19.9. The second kappa shape index (κ2) is 9.81. The first-order valence-electron chi connectivity index (χ1n) is 6.72. The van der Waals surface area contributed by atoms with Crippen LogP contribution in [0.4, 0.5) is 0 Å². The molecule has 6 heteroatoms. The highest BCUT2D eigenvalue weighted by Gasteiger charge is 2.39. The molecule has 6 nitrogen and oxygen atoms in total. The van der Waals surface area contributed by atoms with Gasteiger partial charge in [0.1, 0.15) is 6.29 Å². The van der Waals surface area contributed by atoms with Gasteiger partial charge in [0, 0.05) is 20.6 Å². The quantitative estimate of drug-likeness (QED) is 0.814. The highest BCUT2D eigenvalue weighted by Crippen LogP contribution is 2.28. The lowest BCUT2D eigenvalue weighted by Crippen LogP contribution is -2.31. The molecule has 1 atom stereocenters. The summed E-state index contributed by atoms with van der Waals surface area (Å²) in [4.78, 5) is 26.8.